The van der Waals surface area contributed by atoms with Gasteiger partial charge >= 0.3 is 0 Å². The van der Waals surface area contributed by atoms with Crippen molar-refractivity contribution in [3.8, 4) is 5.88 Å². The van der Waals surface area contributed by atoms with Gasteiger partial charge in [0.25, 0.3) is 11.5 Å². The van der Waals surface area contributed by atoms with Crippen molar-refractivity contribution in [2.45, 2.75) is 26.3 Å². The van der Waals surface area contributed by atoms with Crippen LogP contribution in [0.4, 0.5) is 0 Å². The Hall–Kier alpha value is -3.60. The number of nitrogens with zero attached hydrogens (tertiary/aromatic N) is 4. The van der Waals surface area contributed by atoms with E-state index >= 15 is 0 Å². The number of aromatic nitrogens is 6. The minimum Gasteiger partial charge on any atom is -0.478 e. The molecule has 0 saturated carbocycles. The Labute approximate surface area is 174 Å². The highest BCUT2D eigenvalue weighted by atomic mass is 32.1. The molecule has 11 heteroatoms. The number of ether oxygens (including phenoxy) is 1. The summed E-state index contributed by atoms with van der Waals surface area (Å²) in [6.07, 6.45) is 4.62. The largest absolute Gasteiger partial charge is 0.478 e. The Morgan fingerprint density at radius 3 is 3.07 bits per heavy atom. The average Bonchev–Trinajstić information content (AvgIpc) is 3.40. The molecule has 0 aliphatic heterocycles. The van der Waals surface area contributed by atoms with Gasteiger partial charge in [-0.3, -0.25) is 14.7 Å². The maximum atomic E-state index is 12.4. The number of carbonyl (C=O) groups is 1. The van der Waals surface area contributed by atoms with Crippen molar-refractivity contribution >= 4 is 27.5 Å². The van der Waals surface area contributed by atoms with Gasteiger partial charge in [-0.25, -0.2) is 15.0 Å². The number of aromatic amines is 2. The van der Waals surface area contributed by atoms with Gasteiger partial charge in [0.05, 0.1) is 12.0 Å². The topological polar surface area (TPSA) is 139 Å². The Morgan fingerprint density at radius 1 is 1.33 bits per heavy atom. The Balaban J connectivity index is 1.33. The normalized spacial score (nSPS) is 11.0. The second-order valence-electron chi connectivity index (χ2n) is 6.57. The van der Waals surface area contributed by atoms with Crippen molar-refractivity contribution in [1.82, 2.24) is 35.5 Å². The molecule has 0 aliphatic carbocycles. The second-order valence-corrected chi connectivity index (χ2v) is 7.42. The Morgan fingerprint density at radius 2 is 2.23 bits per heavy atom. The molecule has 0 saturated heterocycles. The molecular weight excluding hydrogens is 406 g/mol. The van der Waals surface area contributed by atoms with E-state index in [1.54, 1.807) is 24.7 Å². The Bertz CT molecular complexity index is 1220. The highest BCUT2D eigenvalue weighted by Gasteiger charge is 2.14. The van der Waals surface area contributed by atoms with Crippen LogP contribution in [0.5, 0.6) is 5.88 Å². The third-order valence-electron chi connectivity index (χ3n) is 4.35. The van der Waals surface area contributed by atoms with E-state index in [0.29, 0.717) is 29.1 Å². The fraction of sp³-hybridized carbons (Fsp3) is 0.263. The molecule has 30 heavy (non-hydrogen) atoms. The first-order valence-corrected chi connectivity index (χ1v) is 10.2. The standard InChI is InChI=1S/C19H19N7O3S/c1-11-9-30-19-15(11)17(27)24-16(25-19)18(28)21-8-12-4-5-20-14(7-12)29-6-2-3-13-22-10-23-26-13/h4-5,7,9-10H,2-3,6,8H2,1H3,(H,21,28)(H,22,23,26)(H,24,25,27). The van der Waals surface area contributed by atoms with E-state index in [1.807, 2.05) is 12.3 Å². The third kappa shape index (κ3) is 4.51. The lowest BCUT2D eigenvalue weighted by Crippen LogP contribution is -2.27. The number of H-pyrrole nitrogens is 2. The smallest absolute Gasteiger partial charge is 0.287 e. The van der Waals surface area contributed by atoms with Gasteiger partial charge < -0.3 is 15.0 Å². The van der Waals surface area contributed by atoms with E-state index in [2.05, 4.69) is 35.5 Å². The molecule has 10 nitrogen and oxygen atoms in total. The first-order chi connectivity index (χ1) is 14.6. The number of hydrogen-bond acceptors (Lipinski definition) is 8. The van der Waals surface area contributed by atoms with E-state index in [9.17, 15) is 9.59 Å². The number of pyridine rings is 1. The lowest BCUT2D eigenvalue weighted by atomic mass is 10.2. The quantitative estimate of drug-likeness (QED) is 0.366. The number of amides is 1. The number of nitrogens with one attached hydrogen (secondary N) is 3. The van der Waals surface area contributed by atoms with Crippen LogP contribution in [-0.4, -0.2) is 42.6 Å². The monoisotopic (exact) mass is 425 g/mol. The molecule has 0 atom stereocenters. The summed E-state index contributed by atoms with van der Waals surface area (Å²) in [6.45, 7) is 2.57. The second kappa shape index (κ2) is 8.82. The molecule has 4 aromatic heterocycles. The van der Waals surface area contributed by atoms with Crippen LogP contribution >= 0.6 is 11.3 Å². The molecule has 0 radical (unpaired) electrons. The Kier molecular flexibility index (Phi) is 5.80. The average molecular weight is 425 g/mol. The van der Waals surface area contributed by atoms with Crippen molar-refractivity contribution in [2.75, 3.05) is 6.61 Å². The van der Waals surface area contributed by atoms with Gasteiger partial charge in [-0.15, -0.1) is 11.3 Å². The molecule has 0 aliphatic rings. The molecule has 0 spiro atoms. The van der Waals surface area contributed by atoms with E-state index in [0.717, 1.165) is 23.4 Å². The number of hydrogen-bond donors (Lipinski definition) is 3. The van der Waals surface area contributed by atoms with Crippen LogP contribution < -0.4 is 15.6 Å². The molecular formula is C19H19N7O3S. The predicted molar refractivity (Wildman–Crippen MR) is 111 cm³/mol. The van der Waals surface area contributed by atoms with Gasteiger partial charge in [-0.2, -0.15) is 5.10 Å². The van der Waals surface area contributed by atoms with Crippen molar-refractivity contribution < 1.29 is 9.53 Å². The number of aryl methyl sites for hydroxylation is 2. The minimum absolute atomic E-state index is 0.00754. The highest BCUT2D eigenvalue weighted by molar-refractivity contribution is 7.16. The lowest BCUT2D eigenvalue weighted by Gasteiger charge is -2.08. The summed E-state index contributed by atoms with van der Waals surface area (Å²) in [4.78, 5) is 40.2. The van der Waals surface area contributed by atoms with Crippen molar-refractivity contribution in [3.63, 3.8) is 0 Å². The van der Waals surface area contributed by atoms with Crippen molar-refractivity contribution in [1.29, 1.82) is 0 Å². The summed E-state index contributed by atoms with van der Waals surface area (Å²) in [7, 11) is 0. The summed E-state index contributed by atoms with van der Waals surface area (Å²) in [5.41, 5.74) is 1.35. The molecule has 4 heterocycles. The zero-order valence-electron chi connectivity index (χ0n) is 16.1. The fourth-order valence-electron chi connectivity index (χ4n) is 2.86. The van der Waals surface area contributed by atoms with Crippen LogP contribution in [0, 0.1) is 6.92 Å². The molecule has 0 bridgehead atoms. The summed E-state index contributed by atoms with van der Waals surface area (Å²) in [5, 5.41) is 11.8. The van der Waals surface area contributed by atoms with Crippen LogP contribution in [0.1, 0.15) is 34.0 Å². The zero-order valence-corrected chi connectivity index (χ0v) is 17.0. The van der Waals surface area contributed by atoms with Gasteiger partial charge in [0.15, 0.2) is 0 Å². The maximum Gasteiger partial charge on any atom is 0.287 e. The predicted octanol–water partition coefficient (Wildman–Crippen LogP) is 1.75. The molecule has 1 amide bonds. The van der Waals surface area contributed by atoms with E-state index in [4.69, 9.17) is 4.74 Å². The van der Waals surface area contributed by atoms with E-state index in [1.165, 1.54) is 11.3 Å². The van der Waals surface area contributed by atoms with Crippen LogP contribution in [0.2, 0.25) is 0 Å². The van der Waals surface area contributed by atoms with Gasteiger partial charge in [-0.05, 0) is 35.9 Å². The third-order valence-corrected chi connectivity index (χ3v) is 5.34. The maximum absolute atomic E-state index is 12.4. The summed E-state index contributed by atoms with van der Waals surface area (Å²) >= 11 is 1.34. The highest BCUT2D eigenvalue weighted by Crippen LogP contribution is 2.19. The first kappa shape index (κ1) is 19.7. The van der Waals surface area contributed by atoms with Crippen LogP contribution in [0.3, 0.4) is 0 Å². The number of fused-ring (bicyclic) bond motifs is 1. The van der Waals surface area contributed by atoms with Gasteiger partial charge in [-0.1, -0.05) is 0 Å². The summed E-state index contributed by atoms with van der Waals surface area (Å²) < 4.78 is 5.65. The van der Waals surface area contributed by atoms with Crippen molar-refractivity contribution in [3.05, 3.63) is 63.2 Å². The van der Waals surface area contributed by atoms with E-state index in [-0.39, 0.29) is 17.9 Å². The van der Waals surface area contributed by atoms with Crippen LogP contribution in [0.25, 0.3) is 10.2 Å². The summed E-state index contributed by atoms with van der Waals surface area (Å²) in [6, 6.07) is 3.54. The van der Waals surface area contributed by atoms with Crippen LogP contribution in [-0.2, 0) is 13.0 Å². The number of rotatable bonds is 8. The van der Waals surface area contributed by atoms with E-state index < -0.39 is 5.91 Å². The molecule has 0 unspecified atom stereocenters. The molecule has 0 aromatic carbocycles. The van der Waals surface area contributed by atoms with Crippen molar-refractivity contribution in [2.24, 2.45) is 0 Å². The lowest BCUT2D eigenvalue weighted by molar-refractivity contribution is 0.0940. The molecule has 154 valence electrons. The molecule has 0 fully saturated rings. The number of thiophene rings is 1. The van der Waals surface area contributed by atoms with Crippen LogP contribution in [0.15, 0.2) is 34.8 Å². The molecule has 3 N–H and O–H groups in total. The SMILES string of the molecule is Cc1csc2nc(C(=O)NCc3ccnc(OCCCc4nc[nH]n4)c3)[nH]c(=O)c12. The van der Waals surface area contributed by atoms with Gasteiger partial charge in [0.2, 0.25) is 11.7 Å². The van der Waals surface area contributed by atoms with Gasteiger partial charge in [0, 0.05) is 25.2 Å². The first-order valence-electron chi connectivity index (χ1n) is 9.29. The zero-order chi connectivity index (χ0) is 20.9. The number of carbonyl (C=O) groups excluding carboxylic acids is 1. The molecule has 4 rings (SSSR count). The minimum atomic E-state index is -0.453. The fourth-order valence-corrected chi connectivity index (χ4v) is 3.79. The van der Waals surface area contributed by atoms with Gasteiger partial charge in [0.1, 0.15) is 17.0 Å². The molecule has 4 aromatic rings. The summed E-state index contributed by atoms with van der Waals surface area (Å²) in [5.74, 6) is 0.752.